The highest BCUT2D eigenvalue weighted by Gasteiger charge is 2.29. The van der Waals surface area contributed by atoms with E-state index in [2.05, 4.69) is 25.9 Å². The first-order valence-electron chi connectivity index (χ1n) is 4.56. The highest BCUT2D eigenvalue weighted by atomic mass is 79.9. The molecule has 1 N–H and O–H groups in total. The van der Waals surface area contributed by atoms with Crippen LogP contribution in [-0.4, -0.2) is 16.1 Å². The van der Waals surface area contributed by atoms with E-state index < -0.39 is 12.6 Å². The highest BCUT2D eigenvalue weighted by Crippen LogP contribution is 2.25. The molecule has 2 nitrogen and oxygen atoms in total. The summed E-state index contributed by atoms with van der Waals surface area (Å²) in [6, 6.07) is 3.54. The molecule has 0 aliphatic heterocycles. The molecule has 0 atom stereocenters. The predicted octanol–water partition coefficient (Wildman–Crippen LogP) is 3.74. The van der Waals surface area contributed by atoms with Crippen molar-refractivity contribution < 1.29 is 13.2 Å². The van der Waals surface area contributed by atoms with E-state index in [0.717, 1.165) is 10.0 Å². The molecule has 86 valence electrons. The topological polar surface area (TPSA) is 28.7 Å². The number of nitrogens with zero attached hydrogens (tertiary/aromatic N) is 1. The minimum absolute atomic E-state index is 0.0521. The van der Waals surface area contributed by atoms with E-state index in [9.17, 15) is 13.2 Å². The number of hydrogen-bond donors (Lipinski definition) is 1. The Morgan fingerprint density at radius 2 is 2.06 bits per heavy atom. The number of aromatic amines is 1. The monoisotopic (exact) mass is 292 g/mol. The number of fused-ring (bicyclic) bond motifs is 1. The van der Waals surface area contributed by atoms with Gasteiger partial charge in [-0.25, -0.2) is 4.98 Å². The lowest BCUT2D eigenvalue weighted by Gasteiger charge is -2.01. The first kappa shape index (κ1) is 11.4. The molecule has 6 heteroatoms. The van der Waals surface area contributed by atoms with Gasteiger partial charge >= 0.3 is 6.18 Å². The number of aryl methyl sites for hydroxylation is 1. The van der Waals surface area contributed by atoms with Gasteiger partial charge in [0.25, 0.3) is 0 Å². The third-order valence-electron chi connectivity index (χ3n) is 2.16. The van der Waals surface area contributed by atoms with Crippen molar-refractivity contribution in [3.8, 4) is 0 Å². The molecule has 1 aromatic carbocycles. The zero-order chi connectivity index (χ0) is 11.9. The first-order valence-corrected chi connectivity index (χ1v) is 5.36. The van der Waals surface area contributed by atoms with Crippen LogP contribution in [0.5, 0.6) is 0 Å². The quantitative estimate of drug-likeness (QED) is 0.852. The van der Waals surface area contributed by atoms with E-state index in [1.165, 1.54) is 0 Å². The summed E-state index contributed by atoms with van der Waals surface area (Å²) in [4.78, 5) is 6.62. The van der Waals surface area contributed by atoms with Gasteiger partial charge in [0, 0.05) is 4.47 Å². The minimum atomic E-state index is -4.24. The Morgan fingerprint density at radius 1 is 1.38 bits per heavy atom. The average Bonchev–Trinajstić information content (AvgIpc) is 2.43. The lowest BCUT2D eigenvalue weighted by atomic mass is 10.2. The molecular formula is C10H8BrF3N2. The molecule has 0 saturated carbocycles. The van der Waals surface area contributed by atoms with Gasteiger partial charge in [-0.3, -0.25) is 0 Å². The Balaban J connectivity index is 2.48. The van der Waals surface area contributed by atoms with Crippen LogP contribution in [-0.2, 0) is 6.42 Å². The van der Waals surface area contributed by atoms with Gasteiger partial charge in [-0.15, -0.1) is 0 Å². The SMILES string of the molecule is Cc1cc(Br)cc2[nH]c(CC(F)(F)F)nc12. The van der Waals surface area contributed by atoms with E-state index in [4.69, 9.17) is 0 Å². The predicted molar refractivity (Wildman–Crippen MR) is 58.3 cm³/mol. The smallest absolute Gasteiger partial charge is 0.342 e. The number of alkyl halides is 3. The summed E-state index contributed by atoms with van der Waals surface area (Å²) < 4.78 is 37.4. The maximum Gasteiger partial charge on any atom is 0.396 e. The summed E-state index contributed by atoms with van der Waals surface area (Å²) in [6.45, 7) is 1.81. The number of H-pyrrole nitrogens is 1. The second kappa shape index (κ2) is 3.76. The van der Waals surface area contributed by atoms with Crippen molar-refractivity contribution >= 4 is 27.0 Å². The molecule has 0 unspecified atom stereocenters. The van der Waals surface area contributed by atoms with Crippen molar-refractivity contribution in [1.29, 1.82) is 0 Å². The Bertz CT molecular complexity index is 531. The third kappa shape index (κ3) is 2.37. The lowest BCUT2D eigenvalue weighted by Crippen LogP contribution is -2.12. The summed E-state index contributed by atoms with van der Waals surface area (Å²) in [5.74, 6) is -0.0521. The number of imidazole rings is 1. The van der Waals surface area contributed by atoms with Crippen LogP contribution in [0, 0.1) is 6.92 Å². The number of hydrogen-bond acceptors (Lipinski definition) is 1. The van der Waals surface area contributed by atoms with E-state index in [1.807, 2.05) is 13.0 Å². The average molecular weight is 293 g/mol. The van der Waals surface area contributed by atoms with E-state index in [1.54, 1.807) is 6.07 Å². The van der Waals surface area contributed by atoms with Crippen LogP contribution in [0.4, 0.5) is 13.2 Å². The number of aromatic nitrogens is 2. The number of halogens is 4. The molecule has 2 aromatic rings. The van der Waals surface area contributed by atoms with Gasteiger partial charge < -0.3 is 4.98 Å². The van der Waals surface area contributed by atoms with Crippen LogP contribution >= 0.6 is 15.9 Å². The molecule has 0 saturated heterocycles. The summed E-state index contributed by atoms with van der Waals surface area (Å²) in [5.41, 5.74) is 2.04. The van der Waals surface area contributed by atoms with Crippen LogP contribution in [0.15, 0.2) is 16.6 Å². The fourth-order valence-electron chi connectivity index (χ4n) is 1.57. The van der Waals surface area contributed by atoms with E-state index in [-0.39, 0.29) is 5.82 Å². The molecule has 1 heterocycles. The van der Waals surface area contributed by atoms with E-state index >= 15 is 0 Å². The van der Waals surface area contributed by atoms with Crippen molar-refractivity contribution in [1.82, 2.24) is 9.97 Å². The van der Waals surface area contributed by atoms with Gasteiger partial charge in [0.15, 0.2) is 0 Å². The Hall–Kier alpha value is -1.04. The number of rotatable bonds is 1. The zero-order valence-electron chi connectivity index (χ0n) is 8.32. The molecule has 1 aromatic heterocycles. The molecule has 16 heavy (non-hydrogen) atoms. The van der Waals surface area contributed by atoms with Crippen molar-refractivity contribution in [3.63, 3.8) is 0 Å². The van der Waals surface area contributed by atoms with Gasteiger partial charge in [0.1, 0.15) is 12.2 Å². The summed E-state index contributed by atoms with van der Waals surface area (Å²) in [5, 5.41) is 0. The summed E-state index contributed by atoms with van der Waals surface area (Å²) in [6.07, 6.45) is -5.27. The van der Waals surface area contributed by atoms with Crippen LogP contribution in [0.25, 0.3) is 11.0 Å². The van der Waals surface area contributed by atoms with Gasteiger partial charge in [-0.1, -0.05) is 15.9 Å². The maximum atomic E-state index is 12.2. The largest absolute Gasteiger partial charge is 0.396 e. The zero-order valence-corrected chi connectivity index (χ0v) is 9.91. The third-order valence-corrected chi connectivity index (χ3v) is 2.62. The summed E-state index contributed by atoms with van der Waals surface area (Å²) >= 11 is 3.28. The normalized spacial score (nSPS) is 12.3. The number of benzene rings is 1. The Morgan fingerprint density at radius 3 is 2.69 bits per heavy atom. The van der Waals surface area contributed by atoms with E-state index in [0.29, 0.717) is 11.0 Å². The number of nitrogens with one attached hydrogen (secondary N) is 1. The first-order chi connectivity index (χ1) is 7.35. The molecule has 0 fully saturated rings. The molecule has 0 radical (unpaired) electrons. The molecule has 0 spiro atoms. The molecule has 0 bridgehead atoms. The standard InChI is InChI=1S/C10H8BrF3N2/c1-5-2-6(11)3-7-9(5)16-8(15-7)4-10(12,13)14/h2-3H,4H2,1H3,(H,15,16). The van der Waals surface area contributed by atoms with Gasteiger partial charge in [0.2, 0.25) is 0 Å². The second-order valence-electron chi connectivity index (χ2n) is 3.59. The van der Waals surface area contributed by atoms with Crippen molar-refractivity contribution in [2.45, 2.75) is 19.5 Å². The van der Waals surface area contributed by atoms with Crippen molar-refractivity contribution in [2.75, 3.05) is 0 Å². The fraction of sp³-hybridized carbons (Fsp3) is 0.300. The highest BCUT2D eigenvalue weighted by molar-refractivity contribution is 9.10. The van der Waals surface area contributed by atoms with Crippen LogP contribution in [0.3, 0.4) is 0 Å². The Kier molecular flexibility index (Phi) is 2.69. The van der Waals surface area contributed by atoms with Crippen LogP contribution in [0.1, 0.15) is 11.4 Å². The summed E-state index contributed by atoms with van der Waals surface area (Å²) in [7, 11) is 0. The Labute approximate surface area is 98.0 Å². The molecule has 0 amide bonds. The van der Waals surface area contributed by atoms with Crippen molar-refractivity contribution in [2.24, 2.45) is 0 Å². The van der Waals surface area contributed by atoms with Crippen LogP contribution < -0.4 is 0 Å². The maximum absolute atomic E-state index is 12.2. The van der Waals surface area contributed by atoms with Crippen molar-refractivity contribution in [3.05, 3.63) is 28.0 Å². The van der Waals surface area contributed by atoms with Crippen LogP contribution in [0.2, 0.25) is 0 Å². The van der Waals surface area contributed by atoms with Gasteiger partial charge in [-0.05, 0) is 24.6 Å². The second-order valence-corrected chi connectivity index (χ2v) is 4.51. The minimum Gasteiger partial charge on any atom is -0.342 e. The van der Waals surface area contributed by atoms with Gasteiger partial charge in [-0.2, -0.15) is 13.2 Å². The molecular weight excluding hydrogens is 285 g/mol. The lowest BCUT2D eigenvalue weighted by molar-refractivity contribution is -0.128. The molecule has 2 rings (SSSR count). The van der Waals surface area contributed by atoms with Gasteiger partial charge in [0.05, 0.1) is 11.0 Å². The fourth-order valence-corrected chi connectivity index (χ4v) is 2.14. The molecule has 0 aliphatic carbocycles. The molecule has 0 aliphatic rings.